The van der Waals surface area contributed by atoms with E-state index in [9.17, 15) is 0 Å². The van der Waals surface area contributed by atoms with E-state index in [2.05, 4.69) is 100 Å². The molecule has 0 radical (unpaired) electrons. The van der Waals surface area contributed by atoms with Gasteiger partial charge in [0.05, 0.1) is 14.2 Å². The summed E-state index contributed by atoms with van der Waals surface area (Å²) in [4.78, 5) is 4.14. The lowest BCUT2D eigenvalue weighted by molar-refractivity contribution is -0.696. The van der Waals surface area contributed by atoms with Crippen molar-refractivity contribution in [1.29, 1.82) is 0 Å². The van der Waals surface area contributed by atoms with Crippen molar-refractivity contribution in [1.82, 2.24) is 0 Å². The number of benzene rings is 2. The van der Waals surface area contributed by atoms with Gasteiger partial charge in [-0.3, -0.25) is 0 Å². The minimum Gasteiger partial charge on any atom is -0.496 e. The van der Waals surface area contributed by atoms with E-state index in [0.29, 0.717) is 0 Å². The second-order valence-electron chi connectivity index (χ2n) is 8.43. The maximum Gasteiger partial charge on any atom is 0.205 e. The summed E-state index contributed by atoms with van der Waals surface area (Å²) < 4.78 is 13.5. The molecule has 1 aromatic heterocycles. The molecular weight excluding hydrogens is 422 g/mol. The third-order valence-corrected chi connectivity index (χ3v) is 5.81. The van der Waals surface area contributed by atoms with Crippen LogP contribution in [0.4, 0.5) is 11.4 Å². The van der Waals surface area contributed by atoms with Crippen LogP contribution in [-0.4, -0.2) is 42.4 Å². The number of hydrogen-bond acceptors (Lipinski definition) is 4. The average molecular weight is 459 g/mol. The Morgan fingerprint density at radius 3 is 1.47 bits per heavy atom. The molecule has 0 atom stereocenters. The largest absolute Gasteiger partial charge is 0.496 e. The van der Waals surface area contributed by atoms with E-state index in [1.54, 1.807) is 14.2 Å². The highest BCUT2D eigenvalue weighted by molar-refractivity contribution is 5.74. The van der Waals surface area contributed by atoms with Crippen LogP contribution in [0, 0.1) is 0 Å². The van der Waals surface area contributed by atoms with E-state index in [1.165, 1.54) is 0 Å². The molecule has 5 heteroatoms. The minimum absolute atomic E-state index is 0.855. The molecule has 2 aromatic carbocycles. The van der Waals surface area contributed by atoms with Gasteiger partial charge >= 0.3 is 0 Å². The maximum atomic E-state index is 5.63. The zero-order chi connectivity index (χ0) is 24.7. The summed E-state index contributed by atoms with van der Waals surface area (Å²) in [5.74, 6) is 1.71. The monoisotopic (exact) mass is 458 g/mol. The zero-order valence-electron chi connectivity index (χ0n) is 21.4. The molecule has 0 N–H and O–H groups in total. The minimum atomic E-state index is 0.855. The fraction of sp³-hybridized carbons (Fsp3) is 0.276. The van der Waals surface area contributed by atoms with Crippen molar-refractivity contribution >= 4 is 35.7 Å². The Labute approximate surface area is 204 Å². The van der Waals surface area contributed by atoms with Crippen molar-refractivity contribution in [3.63, 3.8) is 0 Å². The van der Waals surface area contributed by atoms with E-state index in [-0.39, 0.29) is 0 Å². The van der Waals surface area contributed by atoms with Crippen LogP contribution in [0.25, 0.3) is 24.3 Å². The predicted molar refractivity (Wildman–Crippen MR) is 145 cm³/mol. The normalized spacial score (nSPS) is 11.3. The summed E-state index contributed by atoms with van der Waals surface area (Å²) >= 11 is 0. The lowest BCUT2D eigenvalue weighted by Gasteiger charge is -2.15. The molecular formula is C29H36N3O2+. The molecule has 0 saturated heterocycles. The van der Waals surface area contributed by atoms with Gasteiger partial charge < -0.3 is 19.3 Å². The van der Waals surface area contributed by atoms with Gasteiger partial charge in [-0.05, 0) is 49.4 Å². The molecule has 34 heavy (non-hydrogen) atoms. The Hall–Kier alpha value is -3.73. The van der Waals surface area contributed by atoms with Crippen LogP contribution >= 0.6 is 0 Å². The first-order valence-corrected chi connectivity index (χ1v) is 11.5. The Morgan fingerprint density at radius 1 is 0.676 bits per heavy atom. The van der Waals surface area contributed by atoms with Gasteiger partial charge in [-0.15, -0.1) is 0 Å². The first-order valence-electron chi connectivity index (χ1n) is 11.5. The lowest BCUT2D eigenvalue weighted by atomic mass is 10.1. The Balaban J connectivity index is 1.92. The van der Waals surface area contributed by atoms with Crippen LogP contribution in [0.5, 0.6) is 11.5 Å². The summed E-state index contributed by atoms with van der Waals surface area (Å²) in [7, 11) is 11.5. The lowest BCUT2D eigenvalue weighted by Crippen LogP contribution is -2.38. The van der Waals surface area contributed by atoms with Crippen molar-refractivity contribution < 1.29 is 14.0 Å². The van der Waals surface area contributed by atoms with Crippen molar-refractivity contribution in [2.75, 3.05) is 52.2 Å². The summed E-state index contributed by atoms with van der Waals surface area (Å²) in [6.07, 6.45) is 8.49. The molecule has 178 valence electrons. The second kappa shape index (κ2) is 11.4. The highest BCUT2D eigenvalue weighted by Gasteiger charge is 2.12. The molecule has 0 fully saturated rings. The van der Waals surface area contributed by atoms with Gasteiger partial charge in [-0.25, -0.2) is 0 Å². The van der Waals surface area contributed by atoms with Crippen LogP contribution in [-0.2, 0) is 6.54 Å². The molecule has 0 unspecified atom stereocenters. The Morgan fingerprint density at radius 2 is 1.12 bits per heavy atom. The van der Waals surface area contributed by atoms with Crippen LogP contribution < -0.4 is 23.8 Å². The van der Waals surface area contributed by atoms with Gasteiger partial charge in [0.2, 0.25) is 11.4 Å². The number of hydrogen-bond donors (Lipinski definition) is 0. The molecule has 0 aliphatic rings. The molecule has 0 saturated carbocycles. The first kappa shape index (κ1) is 24.9. The molecule has 0 aliphatic heterocycles. The van der Waals surface area contributed by atoms with Crippen molar-refractivity contribution in [2.24, 2.45) is 0 Å². The summed E-state index contributed by atoms with van der Waals surface area (Å²) in [6.45, 7) is 3.02. The zero-order valence-corrected chi connectivity index (χ0v) is 21.4. The first-order chi connectivity index (χ1) is 16.4. The highest BCUT2D eigenvalue weighted by Crippen LogP contribution is 2.27. The summed E-state index contributed by atoms with van der Waals surface area (Å²) in [6, 6.07) is 18.8. The van der Waals surface area contributed by atoms with E-state index in [1.807, 2.05) is 28.2 Å². The van der Waals surface area contributed by atoms with Crippen LogP contribution in [0.15, 0.2) is 54.6 Å². The standard InChI is InChI=1S/C29H36N3O2/c1-8-32-24(16-12-22-14-18-26(30(2)3)20-28(22)33-6)10-9-11-25(32)17-13-23-15-19-27(31(4)5)21-29(23)34-7/h9-21H,8H2,1-7H3/q+1. The fourth-order valence-corrected chi connectivity index (χ4v) is 3.81. The predicted octanol–water partition coefficient (Wildman–Crippen LogP) is 5.48. The fourth-order valence-electron chi connectivity index (χ4n) is 3.81. The van der Waals surface area contributed by atoms with E-state index in [0.717, 1.165) is 51.9 Å². The van der Waals surface area contributed by atoms with Crippen LogP contribution in [0.3, 0.4) is 0 Å². The average Bonchev–Trinajstić information content (AvgIpc) is 2.85. The SMILES string of the molecule is CC[n+]1c(/C=C/c2ccc(N(C)C)cc2OC)cccc1/C=C/c1ccc(N(C)C)cc1OC. The van der Waals surface area contributed by atoms with Crippen molar-refractivity contribution in [3.05, 3.63) is 77.1 Å². The molecule has 3 rings (SSSR count). The summed E-state index contributed by atoms with van der Waals surface area (Å²) in [5.41, 5.74) is 6.55. The number of nitrogens with zero attached hydrogens (tertiary/aromatic N) is 3. The summed E-state index contributed by atoms with van der Waals surface area (Å²) in [5, 5.41) is 0. The molecule has 5 nitrogen and oxygen atoms in total. The topological polar surface area (TPSA) is 28.8 Å². The quantitative estimate of drug-likeness (QED) is 0.397. The van der Waals surface area contributed by atoms with Crippen LogP contribution in [0.1, 0.15) is 29.4 Å². The van der Waals surface area contributed by atoms with Crippen molar-refractivity contribution in [3.8, 4) is 11.5 Å². The smallest absolute Gasteiger partial charge is 0.205 e. The number of anilines is 2. The molecule has 3 aromatic rings. The number of aromatic nitrogens is 1. The van der Waals surface area contributed by atoms with E-state index < -0.39 is 0 Å². The highest BCUT2D eigenvalue weighted by atomic mass is 16.5. The van der Waals surface area contributed by atoms with Crippen LogP contribution in [0.2, 0.25) is 0 Å². The van der Waals surface area contributed by atoms with Gasteiger partial charge in [0.25, 0.3) is 0 Å². The van der Waals surface area contributed by atoms with Gasteiger partial charge in [0.1, 0.15) is 18.0 Å². The number of pyridine rings is 1. The molecule has 0 spiro atoms. The molecule has 0 amide bonds. The Kier molecular flexibility index (Phi) is 8.36. The third-order valence-electron chi connectivity index (χ3n) is 5.81. The van der Waals surface area contributed by atoms with E-state index in [4.69, 9.17) is 9.47 Å². The molecule has 0 aliphatic carbocycles. The third kappa shape index (κ3) is 5.79. The van der Waals surface area contributed by atoms with E-state index >= 15 is 0 Å². The number of ether oxygens (including phenoxy) is 2. The molecule has 0 bridgehead atoms. The maximum absolute atomic E-state index is 5.63. The molecule has 1 heterocycles. The second-order valence-corrected chi connectivity index (χ2v) is 8.43. The number of methoxy groups -OCH3 is 2. The van der Waals surface area contributed by atoms with Gasteiger partial charge in [0, 0.05) is 87.1 Å². The number of rotatable bonds is 9. The van der Waals surface area contributed by atoms with Crippen molar-refractivity contribution in [2.45, 2.75) is 13.5 Å². The van der Waals surface area contributed by atoms with Gasteiger partial charge in [-0.1, -0.05) is 0 Å². The Bertz CT molecular complexity index is 1090. The van der Waals surface area contributed by atoms with Gasteiger partial charge in [0.15, 0.2) is 0 Å². The van der Waals surface area contributed by atoms with Gasteiger partial charge in [-0.2, -0.15) is 4.57 Å².